The SMILES string of the molecule is CCC(Sc1cccc(NC(=O)/C(=C\c2cccc(OC)c2OC)NC(=O)c2ccccc2)c1)C(=O)Nc1ccc([N+](=O)[O-])cc1. The second-order valence-corrected chi connectivity index (χ2v) is 11.0. The van der Waals surface area contributed by atoms with Gasteiger partial charge >= 0.3 is 0 Å². The van der Waals surface area contributed by atoms with Crippen LogP contribution in [0.15, 0.2) is 108 Å². The molecule has 0 spiro atoms. The molecule has 236 valence electrons. The Labute approximate surface area is 270 Å². The van der Waals surface area contributed by atoms with Crippen molar-refractivity contribution >= 4 is 52.6 Å². The molecule has 0 aromatic heterocycles. The maximum Gasteiger partial charge on any atom is 0.272 e. The molecule has 0 aliphatic rings. The van der Waals surface area contributed by atoms with E-state index in [1.54, 1.807) is 66.7 Å². The van der Waals surface area contributed by atoms with E-state index in [0.717, 1.165) is 4.90 Å². The van der Waals surface area contributed by atoms with Gasteiger partial charge in [-0.25, -0.2) is 0 Å². The number of anilines is 2. The molecule has 1 atom stereocenters. The highest BCUT2D eigenvalue weighted by molar-refractivity contribution is 8.00. The lowest BCUT2D eigenvalue weighted by molar-refractivity contribution is -0.384. The zero-order valence-corrected chi connectivity index (χ0v) is 26.1. The van der Waals surface area contributed by atoms with E-state index in [4.69, 9.17) is 9.47 Å². The topological polar surface area (TPSA) is 149 Å². The van der Waals surface area contributed by atoms with Crippen LogP contribution in [0.3, 0.4) is 0 Å². The van der Waals surface area contributed by atoms with E-state index in [0.29, 0.717) is 40.4 Å². The molecule has 0 saturated heterocycles. The average Bonchev–Trinajstić information content (AvgIpc) is 3.07. The van der Waals surface area contributed by atoms with Crippen molar-refractivity contribution in [3.05, 3.63) is 124 Å². The lowest BCUT2D eigenvalue weighted by Gasteiger charge is -2.16. The molecule has 12 heteroatoms. The second-order valence-electron chi connectivity index (χ2n) is 9.75. The quantitative estimate of drug-likeness (QED) is 0.0646. The number of carbonyl (C=O) groups excluding carboxylic acids is 3. The Morgan fingerprint density at radius 2 is 1.59 bits per heavy atom. The van der Waals surface area contributed by atoms with Gasteiger partial charge in [0.15, 0.2) is 11.5 Å². The summed E-state index contributed by atoms with van der Waals surface area (Å²) in [5.74, 6) is -0.479. The molecule has 4 aromatic rings. The van der Waals surface area contributed by atoms with Crippen LogP contribution in [0.5, 0.6) is 11.5 Å². The Hall–Kier alpha value is -5.62. The van der Waals surface area contributed by atoms with Crippen molar-refractivity contribution in [2.45, 2.75) is 23.5 Å². The first kappa shape index (κ1) is 33.3. The number of nitro groups is 1. The summed E-state index contributed by atoms with van der Waals surface area (Å²) in [5, 5.41) is 18.8. The lowest BCUT2D eigenvalue weighted by atomic mass is 10.1. The number of methoxy groups -OCH3 is 2. The van der Waals surface area contributed by atoms with Crippen LogP contribution in [0.2, 0.25) is 0 Å². The van der Waals surface area contributed by atoms with Crippen LogP contribution < -0.4 is 25.4 Å². The molecule has 11 nitrogen and oxygen atoms in total. The second kappa shape index (κ2) is 15.9. The number of para-hydroxylation sites is 1. The fourth-order valence-electron chi connectivity index (χ4n) is 4.34. The number of rotatable bonds is 13. The van der Waals surface area contributed by atoms with E-state index in [1.807, 2.05) is 13.0 Å². The maximum atomic E-state index is 13.6. The highest BCUT2D eigenvalue weighted by atomic mass is 32.2. The van der Waals surface area contributed by atoms with Crippen molar-refractivity contribution in [1.29, 1.82) is 0 Å². The monoisotopic (exact) mass is 640 g/mol. The molecule has 4 aromatic carbocycles. The van der Waals surface area contributed by atoms with Crippen molar-refractivity contribution in [3.8, 4) is 11.5 Å². The number of ether oxygens (including phenoxy) is 2. The molecule has 0 bridgehead atoms. The normalized spacial score (nSPS) is 11.6. The van der Waals surface area contributed by atoms with E-state index >= 15 is 0 Å². The summed E-state index contributed by atoms with van der Waals surface area (Å²) >= 11 is 1.31. The number of hydrogen-bond donors (Lipinski definition) is 3. The minimum Gasteiger partial charge on any atom is -0.493 e. The third kappa shape index (κ3) is 8.73. The van der Waals surface area contributed by atoms with Gasteiger partial charge in [0.25, 0.3) is 17.5 Å². The maximum absolute atomic E-state index is 13.6. The van der Waals surface area contributed by atoms with Gasteiger partial charge in [-0.2, -0.15) is 0 Å². The minimum atomic E-state index is -0.584. The Kier molecular flexibility index (Phi) is 11.5. The number of nitrogens with zero attached hydrogens (tertiary/aromatic N) is 1. The number of amides is 3. The fourth-order valence-corrected chi connectivity index (χ4v) is 5.36. The highest BCUT2D eigenvalue weighted by Gasteiger charge is 2.20. The molecule has 0 aliphatic heterocycles. The Balaban J connectivity index is 1.54. The summed E-state index contributed by atoms with van der Waals surface area (Å²) in [6, 6.07) is 26.3. The van der Waals surface area contributed by atoms with E-state index < -0.39 is 22.0 Å². The number of benzene rings is 4. The first-order valence-electron chi connectivity index (χ1n) is 14.1. The number of carbonyl (C=O) groups is 3. The molecule has 46 heavy (non-hydrogen) atoms. The van der Waals surface area contributed by atoms with Crippen molar-refractivity contribution < 1.29 is 28.8 Å². The Morgan fingerprint density at radius 3 is 2.24 bits per heavy atom. The molecule has 0 radical (unpaired) electrons. The van der Waals surface area contributed by atoms with Gasteiger partial charge in [0, 0.05) is 39.5 Å². The Morgan fingerprint density at radius 1 is 0.870 bits per heavy atom. The fraction of sp³-hybridized carbons (Fsp3) is 0.147. The van der Waals surface area contributed by atoms with Crippen LogP contribution in [0, 0.1) is 10.1 Å². The summed E-state index contributed by atoms with van der Waals surface area (Å²) in [7, 11) is 2.99. The first-order chi connectivity index (χ1) is 22.2. The van der Waals surface area contributed by atoms with Gasteiger partial charge in [-0.05, 0) is 61.0 Å². The zero-order valence-electron chi connectivity index (χ0n) is 25.3. The molecule has 4 rings (SSSR count). The van der Waals surface area contributed by atoms with Crippen LogP contribution in [0.25, 0.3) is 6.08 Å². The molecular formula is C34H32N4O7S. The number of thioether (sulfide) groups is 1. The van der Waals surface area contributed by atoms with Crippen molar-refractivity contribution in [2.24, 2.45) is 0 Å². The molecule has 0 fully saturated rings. The van der Waals surface area contributed by atoms with Gasteiger partial charge in [-0.15, -0.1) is 11.8 Å². The molecule has 3 amide bonds. The van der Waals surface area contributed by atoms with Gasteiger partial charge in [0.2, 0.25) is 5.91 Å². The van der Waals surface area contributed by atoms with E-state index in [1.165, 1.54) is 56.3 Å². The van der Waals surface area contributed by atoms with Crippen LogP contribution in [-0.2, 0) is 9.59 Å². The summed E-state index contributed by atoms with van der Waals surface area (Å²) in [6.07, 6.45) is 2.01. The predicted molar refractivity (Wildman–Crippen MR) is 178 cm³/mol. The van der Waals surface area contributed by atoms with Gasteiger partial charge in [-0.1, -0.05) is 43.3 Å². The zero-order chi connectivity index (χ0) is 33.1. The van der Waals surface area contributed by atoms with E-state index in [-0.39, 0.29) is 17.3 Å². The molecule has 0 heterocycles. The van der Waals surface area contributed by atoms with Crippen molar-refractivity contribution in [2.75, 3.05) is 24.9 Å². The third-order valence-corrected chi connectivity index (χ3v) is 8.00. The third-order valence-electron chi connectivity index (χ3n) is 6.64. The van der Waals surface area contributed by atoms with Gasteiger partial charge < -0.3 is 25.4 Å². The summed E-state index contributed by atoms with van der Waals surface area (Å²) in [5.41, 5.74) is 1.66. The smallest absolute Gasteiger partial charge is 0.272 e. The van der Waals surface area contributed by atoms with E-state index in [2.05, 4.69) is 16.0 Å². The molecule has 3 N–H and O–H groups in total. The van der Waals surface area contributed by atoms with E-state index in [9.17, 15) is 24.5 Å². The summed E-state index contributed by atoms with van der Waals surface area (Å²) < 4.78 is 10.9. The largest absolute Gasteiger partial charge is 0.493 e. The van der Waals surface area contributed by atoms with Crippen molar-refractivity contribution in [1.82, 2.24) is 5.32 Å². The number of nitrogens with one attached hydrogen (secondary N) is 3. The van der Waals surface area contributed by atoms with Crippen LogP contribution in [0.4, 0.5) is 17.1 Å². The first-order valence-corrected chi connectivity index (χ1v) is 15.0. The number of hydrogen-bond acceptors (Lipinski definition) is 8. The van der Waals surface area contributed by atoms with Crippen LogP contribution in [-0.4, -0.2) is 42.1 Å². The van der Waals surface area contributed by atoms with Crippen LogP contribution >= 0.6 is 11.8 Å². The summed E-state index contributed by atoms with van der Waals surface area (Å²) in [4.78, 5) is 50.8. The molecule has 0 aliphatic carbocycles. The Bertz CT molecular complexity index is 1740. The highest BCUT2D eigenvalue weighted by Crippen LogP contribution is 2.33. The van der Waals surface area contributed by atoms with Crippen molar-refractivity contribution in [3.63, 3.8) is 0 Å². The molecular weight excluding hydrogens is 608 g/mol. The average molecular weight is 641 g/mol. The minimum absolute atomic E-state index is 0.0348. The van der Waals surface area contributed by atoms with Gasteiger partial charge in [-0.3, -0.25) is 24.5 Å². The number of nitro benzene ring substituents is 1. The van der Waals surface area contributed by atoms with Crippen LogP contribution in [0.1, 0.15) is 29.3 Å². The molecule has 0 saturated carbocycles. The predicted octanol–water partition coefficient (Wildman–Crippen LogP) is 6.53. The number of non-ortho nitro benzene ring substituents is 1. The standard InChI is InChI=1S/C34H32N4O7S/c1-4-30(34(41)35-24-16-18-26(19-17-24)38(42)43)46-27-14-9-13-25(21-27)36-33(40)28(37-32(39)22-10-6-5-7-11-22)20-23-12-8-15-29(44-2)31(23)45-3/h5-21,30H,4H2,1-3H3,(H,35,41)(H,36,40)(H,37,39)/b28-20+. The van der Waals surface area contributed by atoms with Gasteiger partial charge in [0.05, 0.1) is 24.4 Å². The van der Waals surface area contributed by atoms with Gasteiger partial charge in [0.1, 0.15) is 5.70 Å². The lowest BCUT2D eigenvalue weighted by Crippen LogP contribution is -2.30. The molecule has 1 unspecified atom stereocenters. The summed E-state index contributed by atoms with van der Waals surface area (Å²) in [6.45, 7) is 1.87.